The van der Waals surface area contributed by atoms with Gasteiger partial charge in [-0.05, 0) is 6.42 Å². The summed E-state index contributed by atoms with van der Waals surface area (Å²) in [6.07, 6.45) is 7.58. The van der Waals surface area contributed by atoms with Crippen LogP contribution in [-0.2, 0) is 23.1 Å². The van der Waals surface area contributed by atoms with Gasteiger partial charge < -0.3 is 30.1 Å². The predicted molar refractivity (Wildman–Crippen MR) is 114 cm³/mol. The highest BCUT2D eigenvalue weighted by molar-refractivity contribution is 7.47. The van der Waals surface area contributed by atoms with Gasteiger partial charge in [0.15, 0.2) is 6.29 Å². The zero-order valence-corrected chi connectivity index (χ0v) is 19.5. The summed E-state index contributed by atoms with van der Waals surface area (Å²) < 4.78 is 25.0. The molecule has 2 unspecified atom stereocenters. The van der Waals surface area contributed by atoms with Crippen molar-refractivity contribution in [3.8, 4) is 0 Å². The molecule has 0 spiro atoms. The van der Waals surface area contributed by atoms with E-state index in [1.54, 1.807) is 0 Å². The standard InChI is InChI=1S/C20H41O10P/c1-2-3-4-5-6-7-8-9-10-11-12-13-19(24)28-16-18(23)20(25)30-31(26,27)29-15-17(22)14-21/h17-18,20-23,25H,2-16H2,1H3,(H,26,27)/t17-,18-,20?/m1/s1. The number of carbonyl (C=O) groups is 1. The molecular formula is C20H41O10P. The van der Waals surface area contributed by atoms with E-state index in [0.717, 1.165) is 19.3 Å². The molecule has 11 heteroatoms. The normalized spacial score (nSPS) is 16.5. The number of phosphoric ester groups is 1. The van der Waals surface area contributed by atoms with Crippen LogP contribution < -0.4 is 0 Å². The predicted octanol–water partition coefficient (Wildman–Crippen LogP) is 2.40. The van der Waals surface area contributed by atoms with Crippen LogP contribution in [0.1, 0.15) is 84.0 Å². The monoisotopic (exact) mass is 472 g/mol. The highest BCUT2D eigenvalue weighted by Gasteiger charge is 2.31. The molecule has 0 bridgehead atoms. The first-order chi connectivity index (χ1) is 14.7. The van der Waals surface area contributed by atoms with E-state index in [2.05, 4.69) is 16.0 Å². The molecule has 0 rings (SSSR count). The molecule has 5 N–H and O–H groups in total. The number of carbonyl (C=O) groups excluding carboxylic acids is 1. The molecule has 0 aliphatic heterocycles. The second-order valence-electron chi connectivity index (χ2n) is 7.63. The van der Waals surface area contributed by atoms with E-state index in [9.17, 15) is 24.5 Å². The van der Waals surface area contributed by atoms with E-state index in [1.165, 1.54) is 44.9 Å². The first-order valence-corrected chi connectivity index (χ1v) is 12.7. The SMILES string of the molecule is CCCCCCCCCCCCCC(=O)OC[C@@H](O)C(O)OP(=O)(O)OC[C@H](O)CO. The molecule has 0 aromatic rings. The second kappa shape index (κ2) is 18.9. The molecule has 0 aliphatic carbocycles. The summed E-state index contributed by atoms with van der Waals surface area (Å²) in [6.45, 7) is 0.191. The Hall–Kier alpha value is -0.580. The number of aliphatic hydroxyl groups excluding tert-OH is 4. The minimum Gasteiger partial charge on any atom is -0.463 e. The zero-order valence-electron chi connectivity index (χ0n) is 18.6. The van der Waals surface area contributed by atoms with Crippen LogP contribution in [0.15, 0.2) is 0 Å². The number of ether oxygens (including phenoxy) is 1. The van der Waals surface area contributed by atoms with Gasteiger partial charge in [-0.25, -0.2) is 4.57 Å². The molecule has 0 aliphatic rings. The number of rotatable bonds is 21. The van der Waals surface area contributed by atoms with Gasteiger partial charge in [0, 0.05) is 6.42 Å². The van der Waals surface area contributed by atoms with Crippen LogP contribution in [0.2, 0.25) is 0 Å². The Labute approximate surface area is 185 Å². The van der Waals surface area contributed by atoms with Crippen molar-refractivity contribution in [3.63, 3.8) is 0 Å². The molecule has 0 aromatic heterocycles. The Bertz CT molecular complexity index is 491. The average molecular weight is 473 g/mol. The highest BCUT2D eigenvalue weighted by atomic mass is 31.2. The number of hydrogen-bond acceptors (Lipinski definition) is 9. The van der Waals surface area contributed by atoms with Crippen molar-refractivity contribution in [2.45, 2.75) is 102 Å². The van der Waals surface area contributed by atoms with E-state index in [0.29, 0.717) is 6.42 Å². The Balaban J connectivity index is 3.76. The number of esters is 1. The van der Waals surface area contributed by atoms with Crippen LogP contribution >= 0.6 is 7.82 Å². The molecular weight excluding hydrogens is 431 g/mol. The van der Waals surface area contributed by atoms with Gasteiger partial charge in [-0.1, -0.05) is 71.1 Å². The summed E-state index contributed by atoms with van der Waals surface area (Å²) in [7, 11) is -4.78. The largest absolute Gasteiger partial charge is 0.474 e. The van der Waals surface area contributed by atoms with Crippen LogP contribution in [-0.4, -0.2) is 69.6 Å². The maximum atomic E-state index is 11.7. The fourth-order valence-electron chi connectivity index (χ4n) is 2.74. The zero-order chi connectivity index (χ0) is 23.5. The number of phosphoric acid groups is 1. The molecule has 10 nitrogen and oxygen atoms in total. The molecule has 0 heterocycles. The van der Waals surface area contributed by atoms with E-state index < -0.39 is 52.1 Å². The molecule has 0 amide bonds. The Morgan fingerprint density at radius 2 is 1.39 bits per heavy atom. The van der Waals surface area contributed by atoms with Crippen molar-refractivity contribution in [3.05, 3.63) is 0 Å². The van der Waals surface area contributed by atoms with Gasteiger partial charge >= 0.3 is 13.8 Å². The molecule has 186 valence electrons. The molecule has 0 aromatic carbocycles. The lowest BCUT2D eigenvalue weighted by molar-refractivity contribution is -0.161. The lowest BCUT2D eigenvalue weighted by atomic mass is 10.1. The average Bonchev–Trinajstić information content (AvgIpc) is 2.73. The fraction of sp³-hybridized carbons (Fsp3) is 0.950. The Morgan fingerprint density at radius 1 is 0.871 bits per heavy atom. The van der Waals surface area contributed by atoms with Gasteiger partial charge in [0.1, 0.15) is 18.8 Å². The van der Waals surface area contributed by atoms with Crippen molar-refractivity contribution in [2.75, 3.05) is 19.8 Å². The number of unbranched alkanes of at least 4 members (excludes halogenated alkanes) is 10. The van der Waals surface area contributed by atoms with E-state index in [-0.39, 0.29) is 6.42 Å². The van der Waals surface area contributed by atoms with Crippen molar-refractivity contribution in [2.24, 2.45) is 0 Å². The van der Waals surface area contributed by atoms with Crippen LogP contribution in [0.5, 0.6) is 0 Å². The van der Waals surface area contributed by atoms with Gasteiger partial charge in [0.05, 0.1) is 13.2 Å². The van der Waals surface area contributed by atoms with Crippen LogP contribution in [0.4, 0.5) is 0 Å². The summed E-state index contributed by atoms with van der Waals surface area (Å²) in [5.41, 5.74) is 0. The van der Waals surface area contributed by atoms with Crippen molar-refractivity contribution in [1.29, 1.82) is 0 Å². The van der Waals surface area contributed by atoms with Gasteiger partial charge in [-0.3, -0.25) is 13.8 Å². The third kappa shape index (κ3) is 18.7. The topological polar surface area (TPSA) is 163 Å². The van der Waals surface area contributed by atoms with Crippen LogP contribution in [0, 0.1) is 0 Å². The smallest absolute Gasteiger partial charge is 0.463 e. The maximum Gasteiger partial charge on any atom is 0.474 e. The summed E-state index contributed by atoms with van der Waals surface area (Å²) in [4.78, 5) is 21.1. The summed E-state index contributed by atoms with van der Waals surface area (Å²) >= 11 is 0. The Kier molecular flexibility index (Phi) is 18.6. The minimum absolute atomic E-state index is 0.182. The highest BCUT2D eigenvalue weighted by Crippen LogP contribution is 2.44. The van der Waals surface area contributed by atoms with Crippen molar-refractivity contribution in [1.82, 2.24) is 0 Å². The third-order valence-corrected chi connectivity index (χ3v) is 5.57. The lowest BCUT2D eigenvalue weighted by Gasteiger charge is -2.21. The van der Waals surface area contributed by atoms with Crippen molar-refractivity contribution < 1.29 is 48.5 Å². The minimum atomic E-state index is -4.78. The summed E-state index contributed by atoms with van der Waals surface area (Å²) in [6, 6.07) is 0. The first kappa shape index (κ1) is 30.4. The molecule has 0 fully saturated rings. The Morgan fingerprint density at radius 3 is 1.90 bits per heavy atom. The lowest BCUT2D eigenvalue weighted by Crippen LogP contribution is -2.33. The first-order valence-electron chi connectivity index (χ1n) is 11.2. The van der Waals surface area contributed by atoms with Crippen LogP contribution in [0.3, 0.4) is 0 Å². The number of aliphatic hydroxyl groups is 4. The molecule has 0 saturated heterocycles. The summed E-state index contributed by atoms with van der Waals surface area (Å²) in [5.74, 6) is -0.545. The summed E-state index contributed by atoms with van der Waals surface area (Å²) in [5, 5.41) is 36.9. The van der Waals surface area contributed by atoms with Gasteiger partial charge in [-0.2, -0.15) is 0 Å². The van der Waals surface area contributed by atoms with Crippen molar-refractivity contribution >= 4 is 13.8 Å². The van der Waals surface area contributed by atoms with Gasteiger partial charge in [0.25, 0.3) is 0 Å². The molecule has 0 saturated carbocycles. The fourth-order valence-corrected chi connectivity index (χ4v) is 3.57. The van der Waals surface area contributed by atoms with Gasteiger partial charge in [-0.15, -0.1) is 0 Å². The van der Waals surface area contributed by atoms with E-state index in [4.69, 9.17) is 14.9 Å². The quantitative estimate of drug-likeness (QED) is 0.0725. The second-order valence-corrected chi connectivity index (χ2v) is 9.04. The van der Waals surface area contributed by atoms with E-state index >= 15 is 0 Å². The van der Waals surface area contributed by atoms with Gasteiger partial charge in [0.2, 0.25) is 0 Å². The number of hydrogen-bond donors (Lipinski definition) is 5. The third-order valence-electron chi connectivity index (χ3n) is 4.61. The van der Waals surface area contributed by atoms with Crippen LogP contribution in [0.25, 0.3) is 0 Å². The molecule has 0 radical (unpaired) electrons. The van der Waals surface area contributed by atoms with E-state index in [1.807, 2.05) is 0 Å². The molecule has 31 heavy (non-hydrogen) atoms. The maximum absolute atomic E-state index is 11.7. The molecule has 4 atom stereocenters.